The van der Waals surface area contributed by atoms with E-state index in [-0.39, 0.29) is 23.3 Å². The van der Waals surface area contributed by atoms with Crippen molar-refractivity contribution in [3.63, 3.8) is 0 Å². The number of nitrogen functional groups attached to an aromatic ring is 1. The van der Waals surface area contributed by atoms with Crippen LogP contribution in [0.3, 0.4) is 0 Å². The highest BCUT2D eigenvalue weighted by Crippen LogP contribution is 2.27. The molecule has 1 saturated heterocycles. The minimum Gasteiger partial charge on any atom is -0.368 e. The fourth-order valence-corrected chi connectivity index (χ4v) is 3.34. The summed E-state index contributed by atoms with van der Waals surface area (Å²) in [5, 5.41) is 0.337. The van der Waals surface area contributed by atoms with E-state index in [9.17, 15) is 4.79 Å². The van der Waals surface area contributed by atoms with Crippen molar-refractivity contribution >= 4 is 29.3 Å². The SMILES string of the molecule is CC1CC(N(C)C(=O)CC(C)(C)C)CN(c2cc(Cl)nc(N)n2)C1. The number of hydrogen-bond donors (Lipinski definition) is 1. The zero-order valence-corrected chi connectivity index (χ0v) is 16.0. The maximum absolute atomic E-state index is 12.6. The molecule has 2 heterocycles. The van der Waals surface area contributed by atoms with E-state index in [0.29, 0.717) is 17.5 Å². The number of rotatable bonds is 3. The highest BCUT2D eigenvalue weighted by Gasteiger charge is 2.31. The minimum atomic E-state index is -0.0139. The quantitative estimate of drug-likeness (QED) is 0.845. The van der Waals surface area contributed by atoms with E-state index in [1.807, 2.05) is 11.9 Å². The van der Waals surface area contributed by atoms with Gasteiger partial charge < -0.3 is 15.5 Å². The van der Waals surface area contributed by atoms with Crippen LogP contribution >= 0.6 is 11.6 Å². The van der Waals surface area contributed by atoms with Crippen LogP contribution in [-0.2, 0) is 4.79 Å². The van der Waals surface area contributed by atoms with Gasteiger partial charge in [0.2, 0.25) is 11.9 Å². The molecule has 2 N–H and O–H groups in total. The van der Waals surface area contributed by atoms with Gasteiger partial charge in [0, 0.05) is 38.7 Å². The summed E-state index contributed by atoms with van der Waals surface area (Å²) in [5.41, 5.74) is 5.70. The molecule has 0 aliphatic carbocycles. The summed E-state index contributed by atoms with van der Waals surface area (Å²) in [6.45, 7) is 10.0. The Morgan fingerprint density at radius 2 is 2.08 bits per heavy atom. The second-order valence-corrected chi connectivity index (χ2v) is 8.44. The van der Waals surface area contributed by atoms with Gasteiger partial charge in [-0.05, 0) is 17.8 Å². The number of halogens is 1. The van der Waals surface area contributed by atoms with Crippen LogP contribution < -0.4 is 10.6 Å². The van der Waals surface area contributed by atoms with Crippen molar-refractivity contribution in [2.24, 2.45) is 11.3 Å². The third-order valence-corrected chi connectivity index (χ3v) is 4.48. The predicted octanol–water partition coefficient (Wildman–Crippen LogP) is 2.82. The minimum absolute atomic E-state index is 0.0139. The van der Waals surface area contributed by atoms with Gasteiger partial charge in [0.1, 0.15) is 11.0 Å². The van der Waals surface area contributed by atoms with Crippen molar-refractivity contribution in [3.05, 3.63) is 11.2 Å². The molecule has 7 heteroatoms. The molecule has 1 aromatic heterocycles. The molecule has 134 valence electrons. The van der Waals surface area contributed by atoms with Gasteiger partial charge in [-0.15, -0.1) is 0 Å². The number of piperidine rings is 1. The third-order valence-electron chi connectivity index (χ3n) is 4.28. The third kappa shape index (κ3) is 4.97. The van der Waals surface area contributed by atoms with E-state index < -0.39 is 0 Å². The van der Waals surface area contributed by atoms with E-state index in [2.05, 4.69) is 42.6 Å². The molecule has 0 radical (unpaired) electrons. The molecule has 2 rings (SSSR count). The van der Waals surface area contributed by atoms with Crippen molar-refractivity contribution in [3.8, 4) is 0 Å². The van der Waals surface area contributed by atoms with Gasteiger partial charge >= 0.3 is 0 Å². The van der Waals surface area contributed by atoms with E-state index in [1.54, 1.807) is 6.07 Å². The lowest BCUT2D eigenvalue weighted by molar-refractivity contribution is -0.134. The largest absolute Gasteiger partial charge is 0.368 e. The fraction of sp³-hybridized carbons (Fsp3) is 0.706. The highest BCUT2D eigenvalue weighted by atomic mass is 35.5. The second kappa shape index (κ2) is 7.13. The zero-order valence-electron chi connectivity index (χ0n) is 15.2. The van der Waals surface area contributed by atoms with Crippen LogP contribution in [0.4, 0.5) is 11.8 Å². The predicted molar refractivity (Wildman–Crippen MR) is 98.1 cm³/mol. The summed E-state index contributed by atoms with van der Waals surface area (Å²) in [6, 6.07) is 1.88. The summed E-state index contributed by atoms with van der Waals surface area (Å²) in [6.07, 6.45) is 1.53. The maximum atomic E-state index is 12.6. The number of carbonyl (C=O) groups is 1. The zero-order chi connectivity index (χ0) is 18.1. The van der Waals surface area contributed by atoms with E-state index in [0.717, 1.165) is 25.3 Å². The maximum Gasteiger partial charge on any atom is 0.223 e. The van der Waals surface area contributed by atoms with Gasteiger partial charge in [-0.3, -0.25) is 4.79 Å². The molecule has 2 unspecified atom stereocenters. The van der Waals surface area contributed by atoms with Crippen LogP contribution in [0.5, 0.6) is 0 Å². The number of anilines is 2. The van der Waals surface area contributed by atoms with Crippen molar-refractivity contribution < 1.29 is 4.79 Å². The molecule has 0 bridgehead atoms. The van der Waals surface area contributed by atoms with Crippen molar-refractivity contribution in [2.45, 2.75) is 46.6 Å². The first-order valence-corrected chi connectivity index (χ1v) is 8.73. The van der Waals surface area contributed by atoms with Gasteiger partial charge in [-0.25, -0.2) is 4.98 Å². The summed E-state index contributed by atoms with van der Waals surface area (Å²) < 4.78 is 0. The number of aromatic nitrogens is 2. The molecular formula is C17H28ClN5O. The van der Waals surface area contributed by atoms with Gasteiger partial charge in [0.25, 0.3) is 0 Å². The summed E-state index contributed by atoms with van der Waals surface area (Å²) >= 11 is 6.01. The molecule has 6 nitrogen and oxygen atoms in total. The lowest BCUT2D eigenvalue weighted by Gasteiger charge is -2.41. The average Bonchev–Trinajstić information content (AvgIpc) is 2.43. The Bertz CT molecular complexity index is 581. The molecule has 0 aromatic carbocycles. The van der Waals surface area contributed by atoms with Crippen LogP contribution in [-0.4, -0.2) is 47.0 Å². The Morgan fingerprint density at radius 1 is 1.42 bits per heavy atom. The molecule has 1 aromatic rings. The Hall–Kier alpha value is -1.56. The van der Waals surface area contributed by atoms with Gasteiger partial charge in [0.05, 0.1) is 0 Å². The highest BCUT2D eigenvalue weighted by molar-refractivity contribution is 6.29. The van der Waals surface area contributed by atoms with E-state index in [4.69, 9.17) is 17.3 Å². The molecule has 0 spiro atoms. The molecule has 0 saturated carbocycles. The molecule has 1 fully saturated rings. The number of carbonyl (C=O) groups excluding carboxylic acids is 1. The summed E-state index contributed by atoms with van der Waals surface area (Å²) in [5.74, 6) is 1.52. The van der Waals surface area contributed by atoms with E-state index >= 15 is 0 Å². The first-order valence-electron chi connectivity index (χ1n) is 8.36. The van der Waals surface area contributed by atoms with Crippen molar-refractivity contribution in [1.29, 1.82) is 0 Å². The van der Waals surface area contributed by atoms with Gasteiger partial charge in [-0.2, -0.15) is 4.98 Å². The molecule has 24 heavy (non-hydrogen) atoms. The lowest BCUT2D eigenvalue weighted by atomic mass is 9.90. The molecule has 1 aliphatic rings. The van der Waals surface area contributed by atoms with Gasteiger partial charge in [-0.1, -0.05) is 39.3 Å². The number of likely N-dealkylation sites (N-methyl/N-ethyl adjacent to an activating group) is 1. The summed E-state index contributed by atoms with van der Waals surface area (Å²) in [7, 11) is 1.90. The van der Waals surface area contributed by atoms with Crippen molar-refractivity contribution in [2.75, 3.05) is 30.8 Å². The van der Waals surface area contributed by atoms with E-state index in [1.165, 1.54) is 0 Å². The molecular weight excluding hydrogens is 326 g/mol. The first-order chi connectivity index (χ1) is 11.0. The molecule has 1 amide bonds. The Balaban J connectivity index is 2.14. The number of amides is 1. The Morgan fingerprint density at radius 3 is 2.67 bits per heavy atom. The topological polar surface area (TPSA) is 75.4 Å². The second-order valence-electron chi connectivity index (χ2n) is 8.05. The average molecular weight is 354 g/mol. The van der Waals surface area contributed by atoms with Crippen LogP contribution in [0.15, 0.2) is 6.07 Å². The number of hydrogen-bond acceptors (Lipinski definition) is 5. The standard InChI is InChI=1S/C17H28ClN5O/c1-11-6-12(22(5)15(24)8-17(2,3)4)10-23(9-11)14-7-13(18)20-16(19)21-14/h7,11-12H,6,8-10H2,1-5H3,(H2,19,20,21). The smallest absolute Gasteiger partial charge is 0.223 e. The fourth-order valence-electron chi connectivity index (χ4n) is 3.15. The Kier molecular flexibility index (Phi) is 5.58. The van der Waals surface area contributed by atoms with Crippen LogP contribution in [0.25, 0.3) is 0 Å². The van der Waals surface area contributed by atoms with Crippen LogP contribution in [0.2, 0.25) is 5.15 Å². The molecule has 2 atom stereocenters. The lowest BCUT2D eigenvalue weighted by Crippen LogP contribution is -2.51. The number of nitrogens with zero attached hydrogens (tertiary/aromatic N) is 4. The first kappa shape index (κ1) is 18.8. The normalized spacial score (nSPS) is 21.7. The molecule has 1 aliphatic heterocycles. The van der Waals surface area contributed by atoms with Crippen molar-refractivity contribution in [1.82, 2.24) is 14.9 Å². The van der Waals surface area contributed by atoms with Gasteiger partial charge in [0.15, 0.2) is 0 Å². The summed E-state index contributed by atoms with van der Waals surface area (Å²) in [4.78, 5) is 24.8. The van der Waals surface area contributed by atoms with Crippen LogP contribution in [0.1, 0.15) is 40.5 Å². The Labute approximate surface area is 149 Å². The monoisotopic (exact) mass is 353 g/mol. The van der Waals surface area contributed by atoms with Crippen LogP contribution in [0, 0.1) is 11.3 Å². The number of nitrogens with two attached hydrogens (primary N) is 1.